The number of nitrogens with one attached hydrogen (secondary N) is 1. The van der Waals surface area contributed by atoms with Crippen LogP contribution in [0.3, 0.4) is 0 Å². The van der Waals surface area contributed by atoms with E-state index in [0.29, 0.717) is 30.3 Å². The van der Waals surface area contributed by atoms with E-state index in [4.69, 9.17) is 19.6 Å². The minimum atomic E-state index is -0.259. The first-order valence-electron chi connectivity index (χ1n) is 10.4. The number of aromatic nitrogens is 4. The van der Waals surface area contributed by atoms with Crippen LogP contribution in [0.1, 0.15) is 62.3 Å². The molecule has 0 atom stereocenters. The number of ether oxygens (including phenoxy) is 2. The second-order valence-corrected chi connectivity index (χ2v) is 8.80. The predicted molar refractivity (Wildman–Crippen MR) is 121 cm³/mol. The Morgan fingerprint density at radius 2 is 1.97 bits per heavy atom. The van der Waals surface area contributed by atoms with E-state index in [9.17, 15) is 4.79 Å². The summed E-state index contributed by atoms with van der Waals surface area (Å²) in [6.07, 6.45) is 1.58. The third-order valence-electron chi connectivity index (χ3n) is 4.84. The highest BCUT2D eigenvalue weighted by Crippen LogP contribution is 2.29. The van der Waals surface area contributed by atoms with Gasteiger partial charge >= 0.3 is 0 Å². The van der Waals surface area contributed by atoms with Gasteiger partial charge in [0.1, 0.15) is 6.61 Å². The van der Waals surface area contributed by atoms with Gasteiger partial charge < -0.3 is 14.8 Å². The highest BCUT2D eigenvalue weighted by Gasteiger charge is 2.25. The van der Waals surface area contributed by atoms with Gasteiger partial charge in [0.15, 0.2) is 5.65 Å². The number of aryl methyl sites for hydroxylation is 1. The summed E-state index contributed by atoms with van der Waals surface area (Å²) >= 11 is 0. The molecule has 3 aromatic heterocycles. The van der Waals surface area contributed by atoms with Crippen LogP contribution in [-0.2, 0) is 10.3 Å². The van der Waals surface area contributed by atoms with Gasteiger partial charge in [-0.15, -0.1) is 0 Å². The molecule has 1 amide bonds. The molecule has 3 aromatic rings. The monoisotopic (exact) mass is 425 g/mol. The molecular formula is C23H31N5O3. The maximum absolute atomic E-state index is 13.3. The lowest BCUT2D eigenvalue weighted by atomic mass is 10.0. The minimum absolute atomic E-state index is 0.171. The summed E-state index contributed by atoms with van der Waals surface area (Å²) in [5.41, 5.74) is 3.23. The predicted octanol–water partition coefficient (Wildman–Crippen LogP) is 4.29. The Balaban J connectivity index is 1.96. The van der Waals surface area contributed by atoms with Gasteiger partial charge in [-0.25, -0.2) is 14.6 Å². The van der Waals surface area contributed by atoms with Gasteiger partial charge in [0.25, 0.3) is 5.91 Å². The largest absolute Gasteiger partial charge is 0.475 e. The molecule has 3 heterocycles. The Labute approximate surface area is 183 Å². The Morgan fingerprint density at radius 1 is 1.23 bits per heavy atom. The van der Waals surface area contributed by atoms with E-state index in [1.807, 2.05) is 17.7 Å². The fourth-order valence-electron chi connectivity index (χ4n) is 3.22. The van der Waals surface area contributed by atoms with Crippen molar-refractivity contribution in [3.8, 4) is 5.88 Å². The van der Waals surface area contributed by atoms with Crippen LogP contribution in [0, 0.1) is 6.92 Å². The normalized spacial score (nSPS) is 11.9. The Kier molecular flexibility index (Phi) is 6.59. The zero-order chi connectivity index (χ0) is 22.8. The average Bonchev–Trinajstić information content (AvgIpc) is 3.06. The molecule has 0 radical (unpaired) electrons. The van der Waals surface area contributed by atoms with Crippen molar-refractivity contribution < 1.29 is 14.3 Å². The summed E-state index contributed by atoms with van der Waals surface area (Å²) in [6.45, 7) is 13.2. The van der Waals surface area contributed by atoms with Gasteiger partial charge in [-0.3, -0.25) is 4.79 Å². The zero-order valence-electron chi connectivity index (χ0n) is 19.3. The number of methoxy groups -OCH3 is 1. The van der Waals surface area contributed by atoms with Crippen molar-refractivity contribution in [3.05, 3.63) is 41.3 Å². The first kappa shape index (κ1) is 22.7. The van der Waals surface area contributed by atoms with E-state index >= 15 is 0 Å². The zero-order valence-corrected chi connectivity index (χ0v) is 19.3. The maximum Gasteiger partial charge on any atom is 0.256 e. The SMILES string of the molecule is COCCOc1ccc(NC(=O)c2cc(C(C)C)nc3c2c(C)nn3C(C)(C)C)cn1. The molecule has 0 aliphatic carbocycles. The van der Waals surface area contributed by atoms with Crippen LogP contribution in [0.4, 0.5) is 5.69 Å². The quantitative estimate of drug-likeness (QED) is 0.568. The van der Waals surface area contributed by atoms with E-state index < -0.39 is 0 Å². The van der Waals surface area contributed by atoms with E-state index in [-0.39, 0.29) is 17.4 Å². The molecule has 8 heteroatoms. The molecule has 0 aromatic carbocycles. The Morgan fingerprint density at radius 3 is 2.55 bits per heavy atom. The molecule has 166 valence electrons. The van der Waals surface area contributed by atoms with Crippen molar-refractivity contribution in [1.29, 1.82) is 0 Å². The number of carbonyl (C=O) groups excluding carboxylic acids is 1. The highest BCUT2D eigenvalue weighted by molar-refractivity contribution is 6.12. The van der Waals surface area contributed by atoms with Gasteiger partial charge in [0.05, 0.1) is 40.7 Å². The van der Waals surface area contributed by atoms with E-state index in [1.54, 1.807) is 25.4 Å². The highest BCUT2D eigenvalue weighted by atomic mass is 16.5. The third kappa shape index (κ3) is 5.02. The molecule has 0 bridgehead atoms. The molecule has 0 aliphatic rings. The average molecular weight is 426 g/mol. The first-order chi connectivity index (χ1) is 14.6. The number of pyridine rings is 2. The third-order valence-corrected chi connectivity index (χ3v) is 4.84. The van der Waals surface area contributed by atoms with Gasteiger partial charge in [-0.05, 0) is 45.7 Å². The summed E-state index contributed by atoms with van der Waals surface area (Å²) < 4.78 is 12.3. The van der Waals surface area contributed by atoms with Crippen LogP contribution in [0.15, 0.2) is 24.4 Å². The number of rotatable bonds is 7. The lowest BCUT2D eigenvalue weighted by molar-refractivity contribution is 0.102. The molecule has 0 unspecified atom stereocenters. The molecule has 8 nitrogen and oxygen atoms in total. The molecule has 1 N–H and O–H groups in total. The lowest BCUT2D eigenvalue weighted by Gasteiger charge is -2.20. The lowest BCUT2D eigenvalue weighted by Crippen LogP contribution is -2.24. The van der Waals surface area contributed by atoms with Gasteiger partial charge in [0.2, 0.25) is 5.88 Å². The Bertz CT molecular complexity index is 1070. The van der Waals surface area contributed by atoms with Crippen molar-refractivity contribution in [2.75, 3.05) is 25.6 Å². The molecular weight excluding hydrogens is 394 g/mol. The number of carbonyl (C=O) groups is 1. The van der Waals surface area contributed by atoms with E-state index in [2.05, 4.69) is 44.9 Å². The van der Waals surface area contributed by atoms with Crippen molar-refractivity contribution in [2.24, 2.45) is 0 Å². The second kappa shape index (κ2) is 9.01. The maximum atomic E-state index is 13.3. The van der Waals surface area contributed by atoms with Gasteiger partial charge in [-0.1, -0.05) is 13.8 Å². The van der Waals surface area contributed by atoms with Crippen LogP contribution < -0.4 is 10.1 Å². The number of hydrogen-bond donors (Lipinski definition) is 1. The summed E-state index contributed by atoms with van der Waals surface area (Å²) in [7, 11) is 1.61. The van der Waals surface area contributed by atoms with Crippen LogP contribution >= 0.6 is 0 Å². The van der Waals surface area contributed by atoms with Crippen molar-refractivity contribution in [1.82, 2.24) is 19.7 Å². The number of anilines is 1. The van der Waals surface area contributed by atoms with Gasteiger partial charge in [-0.2, -0.15) is 5.10 Å². The smallest absolute Gasteiger partial charge is 0.256 e. The number of amides is 1. The molecule has 3 rings (SSSR count). The summed E-state index contributed by atoms with van der Waals surface area (Å²) in [5.74, 6) is 0.427. The van der Waals surface area contributed by atoms with Crippen LogP contribution in [-0.4, -0.2) is 46.0 Å². The van der Waals surface area contributed by atoms with Crippen molar-refractivity contribution in [3.63, 3.8) is 0 Å². The van der Waals surface area contributed by atoms with E-state index in [0.717, 1.165) is 22.4 Å². The summed E-state index contributed by atoms with van der Waals surface area (Å²) in [5, 5.41) is 8.40. The molecule has 0 saturated heterocycles. The summed E-state index contributed by atoms with van der Waals surface area (Å²) in [4.78, 5) is 22.3. The van der Waals surface area contributed by atoms with Gasteiger partial charge in [0, 0.05) is 18.9 Å². The first-order valence-corrected chi connectivity index (χ1v) is 10.4. The molecule has 0 spiro atoms. The second-order valence-electron chi connectivity index (χ2n) is 8.80. The standard InChI is InChI=1S/C23H31N5O3/c1-14(2)18-12-17(20-15(3)27-28(21(20)26-18)23(4,5)6)22(29)25-16-8-9-19(24-13-16)31-11-10-30-7/h8-9,12-14H,10-11H2,1-7H3,(H,25,29). The van der Waals surface area contributed by atoms with E-state index in [1.165, 1.54) is 0 Å². The van der Waals surface area contributed by atoms with Crippen LogP contribution in [0.2, 0.25) is 0 Å². The van der Waals surface area contributed by atoms with Crippen molar-refractivity contribution >= 4 is 22.6 Å². The molecule has 0 aliphatic heterocycles. The molecule has 0 saturated carbocycles. The summed E-state index contributed by atoms with van der Waals surface area (Å²) in [6, 6.07) is 5.34. The molecule has 31 heavy (non-hydrogen) atoms. The minimum Gasteiger partial charge on any atom is -0.475 e. The Hall–Kier alpha value is -3.00. The topological polar surface area (TPSA) is 91.2 Å². The number of hydrogen-bond acceptors (Lipinski definition) is 6. The molecule has 0 fully saturated rings. The fourth-order valence-corrected chi connectivity index (χ4v) is 3.22. The van der Waals surface area contributed by atoms with Crippen LogP contribution in [0.5, 0.6) is 5.88 Å². The van der Waals surface area contributed by atoms with Crippen LogP contribution in [0.25, 0.3) is 11.0 Å². The fraction of sp³-hybridized carbons (Fsp3) is 0.478. The van der Waals surface area contributed by atoms with Crippen molar-refractivity contribution in [2.45, 2.75) is 53.0 Å². The number of nitrogens with zero attached hydrogens (tertiary/aromatic N) is 4. The number of fused-ring (bicyclic) bond motifs is 1.